The highest BCUT2D eigenvalue weighted by molar-refractivity contribution is 6.21. The van der Waals surface area contributed by atoms with E-state index in [9.17, 15) is 18.8 Å². The van der Waals surface area contributed by atoms with Gasteiger partial charge in [0.1, 0.15) is 5.75 Å². The fourth-order valence-corrected chi connectivity index (χ4v) is 5.09. The number of fused-ring (bicyclic) bond motifs is 2. The SMILES string of the molecule is COc1cccc(C(CN2C(=O)c3ccccc3C2=O)NC(=O)c2cccc(-c3ccc4c(c3)C(F)=NC4)c2)c1. The van der Waals surface area contributed by atoms with Gasteiger partial charge >= 0.3 is 0 Å². The van der Waals surface area contributed by atoms with E-state index in [0.29, 0.717) is 40.1 Å². The molecule has 8 heteroatoms. The van der Waals surface area contributed by atoms with Crippen molar-refractivity contribution in [1.29, 1.82) is 0 Å². The van der Waals surface area contributed by atoms with Crippen molar-refractivity contribution in [2.24, 2.45) is 4.99 Å². The van der Waals surface area contributed by atoms with Gasteiger partial charge in [0.25, 0.3) is 17.7 Å². The highest BCUT2D eigenvalue weighted by Gasteiger charge is 2.37. The fourth-order valence-electron chi connectivity index (χ4n) is 5.09. The number of rotatable bonds is 7. The highest BCUT2D eigenvalue weighted by atomic mass is 19.1. The molecule has 0 aliphatic carbocycles. The van der Waals surface area contributed by atoms with Crippen LogP contribution < -0.4 is 10.1 Å². The molecule has 0 aromatic heterocycles. The van der Waals surface area contributed by atoms with Gasteiger partial charge in [0.2, 0.25) is 5.97 Å². The van der Waals surface area contributed by atoms with Crippen molar-refractivity contribution >= 4 is 23.7 Å². The van der Waals surface area contributed by atoms with Gasteiger partial charge in [-0.3, -0.25) is 24.3 Å². The molecule has 198 valence electrons. The molecule has 7 nitrogen and oxygen atoms in total. The second kappa shape index (κ2) is 10.2. The summed E-state index contributed by atoms with van der Waals surface area (Å²) in [5.74, 6) is -1.11. The Balaban J connectivity index is 1.29. The molecular weight excluding hydrogens is 509 g/mol. The standard InChI is InChI=1S/C32H24FN3O4/c1-40-24-9-5-7-21(15-24)28(18-36-31(38)25-10-2-3-11-26(25)32(36)39)35-30(37)22-8-4-6-19(14-22)20-12-13-23-17-34-29(33)27(23)16-20/h2-16,28H,17-18H2,1H3,(H,35,37). The normalized spacial score (nSPS) is 14.4. The summed E-state index contributed by atoms with van der Waals surface area (Å²) in [5.41, 5.74) is 4.52. The zero-order chi connectivity index (χ0) is 27.8. The first kappa shape index (κ1) is 25.2. The largest absolute Gasteiger partial charge is 0.497 e. The van der Waals surface area contributed by atoms with Crippen LogP contribution in [0.1, 0.15) is 53.8 Å². The lowest BCUT2D eigenvalue weighted by Crippen LogP contribution is -2.40. The van der Waals surface area contributed by atoms with Crippen LogP contribution in [0.5, 0.6) is 5.75 Å². The summed E-state index contributed by atoms with van der Waals surface area (Å²) in [6.07, 6.45) is 0. The number of ether oxygens (including phenoxy) is 1. The molecule has 4 aromatic carbocycles. The van der Waals surface area contributed by atoms with Gasteiger partial charge in [-0.05, 0) is 64.7 Å². The van der Waals surface area contributed by atoms with Gasteiger partial charge in [0.15, 0.2) is 0 Å². The second-order valence-corrected chi connectivity index (χ2v) is 9.63. The Morgan fingerprint density at radius 1 is 0.900 bits per heavy atom. The predicted octanol–water partition coefficient (Wildman–Crippen LogP) is 5.36. The molecule has 2 aliphatic heterocycles. The molecule has 4 aromatic rings. The van der Waals surface area contributed by atoms with Crippen LogP contribution in [-0.2, 0) is 6.54 Å². The van der Waals surface area contributed by atoms with Crippen LogP contribution in [0.4, 0.5) is 4.39 Å². The lowest BCUT2D eigenvalue weighted by atomic mass is 9.98. The van der Waals surface area contributed by atoms with E-state index in [0.717, 1.165) is 21.6 Å². The van der Waals surface area contributed by atoms with E-state index in [-0.39, 0.29) is 12.5 Å². The lowest BCUT2D eigenvalue weighted by Gasteiger charge is -2.24. The second-order valence-electron chi connectivity index (χ2n) is 9.63. The van der Waals surface area contributed by atoms with E-state index >= 15 is 0 Å². The van der Waals surface area contributed by atoms with Crippen LogP contribution in [0.3, 0.4) is 0 Å². The van der Waals surface area contributed by atoms with Crippen molar-refractivity contribution in [1.82, 2.24) is 10.2 Å². The van der Waals surface area contributed by atoms with E-state index in [1.807, 2.05) is 24.3 Å². The summed E-state index contributed by atoms with van der Waals surface area (Å²) in [6.45, 7) is 0.261. The van der Waals surface area contributed by atoms with Gasteiger partial charge in [-0.2, -0.15) is 4.39 Å². The molecule has 0 bridgehead atoms. The number of imide groups is 1. The topological polar surface area (TPSA) is 88.1 Å². The fraction of sp³-hybridized carbons (Fsp3) is 0.125. The monoisotopic (exact) mass is 533 g/mol. The van der Waals surface area contributed by atoms with Crippen LogP contribution >= 0.6 is 0 Å². The predicted molar refractivity (Wildman–Crippen MR) is 148 cm³/mol. The van der Waals surface area contributed by atoms with Gasteiger partial charge in [-0.15, -0.1) is 0 Å². The number of hydrogen-bond acceptors (Lipinski definition) is 5. The molecule has 2 aliphatic rings. The number of halogens is 1. The Kier molecular flexibility index (Phi) is 6.43. The van der Waals surface area contributed by atoms with Crippen molar-refractivity contribution in [2.45, 2.75) is 12.6 Å². The van der Waals surface area contributed by atoms with Crippen molar-refractivity contribution in [3.63, 3.8) is 0 Å². The number of nitrogens with one attached hydrogen (secondary N) is 1. The van der Waals surface area contributed by atoms with Gasteiger partial charge in [-0.25, -0.2) is 0 Å². The zero-order valence-corrected chi connectivity index (χ0v) is 21.6. The number of carbonyl (C=O) groups excluding carboxylic acids is 3. The number of carbonyl (C=O) groups is 3. The third kappa shape index (κ3) is 4.53. The molecule has 0 saturated carbocycles. The number of hydrogen-bond donors (Lipinski definition) is 1. The van der Waals surface area contributed by atoms with Crippen LogP contribution in [-0.4, -0.2) is 42.2 Å². The number of amides is 3. The molecule has 0 spiro atoms. The molecule has 2 heterocycles. The maximum absolute atomic E-state index is 14.1. The first-order valence-electron chi connectivity index (χ1n) is 12.8. The number of aliphatic imine (C=N–C) groups is 1. The van der Waals surface area contributed by atoms with Gasteiger partial charge in [-0.1, -0.05) is 48.5 Å². The third-order valence-corrected chi connectivity index (χ3v) is 7.22. The minimum Gasteiger partial charge on any atom is -0.497 e. The molecular formula is C32H24FN3O4. The summed E-state index contributed by atoms with van der Waals surface area (Å²) in [4.78, 5) is 44.7. The number of nitrogens with zero attached hydrogens (tertiary/aromatic N) is 2. The Morgan fingerprint density at radius 3 is 2.38 bits per heavy atom. The smallest absolute Gasteiger partial charge is 0.261 e. The molecule has 0 radical (unpaired) electrons. The minimum atomic E-state index is -0.709. The lowest BCUT2D eigenvalue weighted by molar-refractivity contribution is 0.0629. The Labute approximate surface area is 229 Å². The molecule has 3 amide bonds. The van der Waals surface area contributed by atoms with Crippen LogP contribution in [0.25, 0.3) is 11.1 Å². The van der Waals surface area contributed by atoms with Crippen molar-refractivity contribution in [3.05, 3.63) is 124 Å². The number of benzene rings is 4. The quantitative estimate of drug-likeness (QED) is 0.324. The van der Waals surface area contributed by atoms with E-state index in [1.54, 1.807) is 73.8 Å². The average molecular weight is 534 g/mol. The summed E-state index contributed by atoms with van der Waals surface area (Å²) in [6, 6.07) is 25.6. The highest BCUT2D eigenvalue weighted by Crippen LogP contribution is 2.29. The van der Waals surface area contributed by atoms with E-state index in [1.165, 1.54) is 0 Å². The van der Waals surface area contributed by atoms with Crippen LogP contribution in [0, 0.1) is 0 Å². The maximum atomic E-state index is 14.1. The Hall–Kier alpha value is -5.11. The molecule has 6 rings (SSSR count). The van der Waals surface area contributed by atoms with Gasteiger partial charge < -0.3 is 10.1 Å². The molecule has 0 saturated heterocycles. The average Bonchev–Trinajstić information content (AvgIpc) is 3.48. The Bertz CT molecular complexity index is 1680. The summed E-state index contributed by atoms with van der Waals surface area (Å²) in [7, 11) is 1.54. The molecule has 40 heavy (non-hydrogen) atoms. The summed E-state index contributed by atoms with van der Waals surface area (Å²) < 4.78 is 19.5. The minimum absolute atomic E-state index is 0.0611. The zero-order valence-electron chi connectivity index (χ0n) is 21.6. The van der Waals surface area contributed by atoms with Gasteiger partial charge in [0, 0.05) is 11.1 Å². The van der Waals surface area contributed by atoms with E-state index in [4.69, 9.17) is 4.74 Å². The molecule has 1 N–H and O–H groups in total. The van der Waals surface area contributed by atoms with Gasteiger partial charge in [0.05, 0.1) is 37.4 Å². The Morgan fingerprint density at radius 2 is 1.62 bits per heavy atom. The van der Waals surface area contributed by atoms with Crippen molar-refractivity contribution in [2.75, 3.05) is 13.7 Å². The first-order valence-corrected chi connectivity index (χ1v) is 12.8. The summed E-state index contributed by atoms with van der Waals surface area (Å²) in [5, 5.41) is 3.00. The van der Waals surface area contributed by atoms with Crippen LogP contribution in [0.15, 0.2) is 96.0 Å². The van der Waals surface area contributed by atoms with Crippen LogP contribution in [0.2, 0.25) is 0 Å². The molecule has 1 unspecified atom stereocenters. The third-order valence-electron chi connectivity index (χ3n) is 7.22. The first-order chi connectivity index (χ1) is 19.4. The van der Waals surface area contributed by atoms with Crippen molar-refractivity contribution < 1.29 is 23.5 Å². The van der Waals surface area contributed by atoms with E-state index in [2.05, 4.69) is 10.3 Å². The maximum Gasteiger partial charge on any atom is 0.261 e. The van der Waals surface area contributed by atoms with E-state index < -0.39 is 23.8 Å². The summed E-state index contributed by atoms with van der Waals surface area (Å²) >= 11 is 0. The van der Waals surface area contributed by atoms with Crippen molar-refractivity contribution in [3.8, 4) is 16.9 Å². The number of methoxy groups -OCH3 is 1. The molecule has 1 atom stereocenters. The molecule has 0 fully saturated rings.